The molecule has 0 fully saturated rings. The van der Waals surface area contributed by atoms with Crippen LogP contribution >= 0.6 is 12.4 Å². The van der Waals surface area contributed by atoms with Gasteiger partial charge in [0, 0.05) is 6.04 Å². The van der Waals surface area contributed by atoms with Crippen molar-refractivity contribution in [1.82, 2.24) is 0 Å². The monoisotopic (exact) mass is 263 g/mol. The predicted molar refractivity (Wildman–Crippen MR) is 77.1 cm³/mol. The Morgan fingerprint density at radius 1 is 1.00 bits per heavy atom. The molecule has 1 atom stereocenters. The third-order valence-electron chi connectivity index (χ3n) is 2.65. The zero-order valence-electron chi connectivity index (χ0n) is 10.4. The van der Waals surface area contributed by atoms with E-state index in [0.29, 0.717) is 6.61 Å². The highest BCUT2D eigenvalue weighted by atomic mass is 35.5. The van der Waals surface area contributed by atoms with E-state index in [9.17, 15) is 0 Å². The number of halogens is 1. The highest BCUT2D eigenvalue weighted by Crippen LogP contribution is 2.14. The quantitative estimate of drug-likeness (QED) is 0.913. The Balaban J connectivity index is 0.00000162. The van der Waals surface area contributed by atoms with Gasteiger partial charge in [0.05, 0.1) is 0 Å². The van der Waals surface area contributed by atoms with E-state index in [2.05, 4.69) is 12.1 Å². The number of hydrogen-bond donors (Lipinski definition) is 1. The van der Waals surface area contributed by atoms with Gasteiger partial charge < -0.3 is 10.5 Å². The van der Waals surface area contributed by atoms with E-state index >= 15 is 0 Å². The van der Waals surface area contributed by atoms with Gasteiger partial charge in [-0.15, -0.1) is 12.4 Å². The average molecular weight is 264 g/mol. The first-order valence-corrected chi connectivity index (χ1v) is 5.78. The Morgan fingerprint density at radius 2 is 1.61 bits per heavy atom. The van der Waals surface area contributed by atoms with Crippen LogP contribution in [0.15, 0.2) is 54.6 Å². The molecule has 3 heteroatoms. The minimum atomic E-state index is 0. The second-order valence-corrected chi connectivity index (χ2v) is 4.13. The lowest BCUT2D eigenvalue weighted by Gasteiger charge is -2.08. The Morgan fingerprint density at radius 3 is 2.17 bits per heavy atom. The fraction of sp³-hybridized carbons (Fsp3) is 0.200. The highest BCUT2D eigenvalue weighted by molar-refractivity contribution is 5.85. The van der Waals surface area contributed by atoms with Crippen molar-refractivity contribution in [3.8, 4) is 5.75 Å². The summed E-state index contributed by atoms with van der Waals surface area (Å²) in [6.45, 7) is 2.57. The molecule has 2 aromatic carbocycles. The number of hydrogen-bond acceptors (Lipinski definition) is 2. The number of nitrogens with two attached hydrogens (primary N) is 1. The molecule has 96 valence electrons. The molecule has 18 heavy (non-hydrogen) atoms. The van der Waals surface area contributed by atoms with E-state index in [1.54, 1.807) is 0 Å². The molecule has 0 spiro atoms. The molecule has 0 aliphatic carbocycles. The molecule has 2 rings (SSSR count). The summed E-state index contributed by atoms with van der Waals surface area (Å²) in [5.74, 6) is 0.892. The first kappa shape index (κ1) is 14.6. The van der Waals surface area contributed by atoms with Gasteiger partial charge in [0.2, 0.25) is 0 Å². The van der Waals surface area contributed by atoms with Crippen molar-refractivity contribution in [3.05, 3.63) is 65.7 Å². The summed E-state index contributed by atoms with van der Waals surface area (Å²) in [7, 11) is 0. The molecule has 0 saturated heterocycles. The minimum absolute atomic E-state index is 0. The van der Waals surface area contributed by atoms with Crippen LogP contribution in [0, 0.1) is 0 Å². The van der Waals surface area contributed by atoms with Crippen LogP contribution in [0.2, 0.25) is 0 Å². The first-order valence-electron chi connectivity index (χ1n) is 5.78. The molecule has 0 aliphatic heterocycles. The first-order chi connectivity index (χ1) is 8.25. The number of benzene rings is 2. The lowest BCUT2D eigenvalue weighted by molar-refractivity contribution is 0.306. The van der Waals surface area contributed by atoms with Crippen molar-refractivity contribution in [2.45, 2.75) is 19.6 Å². The van der Waals surface area contributed by atoms with Crippen LogP contribution in [0.5, 0.6) is 5.75 Å². The van der Waals surface area contributed by atoms with E-state index < -0.39 is 0 Å². The molecule has 2 N–H and O–H groups in total. The van der Waals surface area contributed by atoms with Gasteiger partial charge in [-0.1, -0.05) is 42.5 Å². The molecule has 0 bridgehead atoms. The molecule has 0 heterocycles. The zero-order valence-corrected chi connectivity index (χ0v) is 11.2. The Hall–Kier alpha value is -1.51. The standard InChI is InChI=1S/C15H17NO.ClH/c1-12(16)14-9-7-13(8-10-14)11-17-15-5-3-2-4-6-15;/h2-10,12H,11,16H2,1H3;1H/t12-;/m0./s1. The average Bonchev–Trinajstić information content (AvgIpc) is 2.38. The predicted octanol–water partition coefficient (Wildman–Crippen LogP) is 3.71. The summed E-state index contributed by atoms with van der Waals surface area (Å²) in [5, 5.41) is 0. The summed E-state index contributed by atoms with van der Waals surface area (Å²) in [6.07, 6.45) is 0. The Bertz CT molecular complexity index is 454. The van der Waals surface area contributed by atoms with Crippen molar-refractivity contribution in [3.63, 3.8) is 0 Å². The van der Waals surface area contributed by atoms with Crippen LogP contribution in [0.25, 0.3) is 0 Å². The highest BCUT2D eigenvalue weighted by Gasteiger charge is 1.99. The molecule has 0 radical (unpaired) electrons. The normalized spacial score (nSPS) is 11.4. The molecule has 0 amide bonds. The van der Waals surface area contributed by atoms with Gasteiger partial charge in [-0.3, -0.25) is 0 Å². The van der Waals surface area contributed by atoms with Crippen LogP contribution in [0.4, 0.5) is 0 Å². The lowest BCUT2D eigenvalue weighted by Crippen LogP contribution is -2.05. The van der Waals surface area contributed by atoms with Crippen LogP contribution < -0.4 is 10.5 Å². The Kier molecular flexibility index (Phi) is 5.69. The van der Waals surface area contributed by atoms with Gasteiger partial charge in [-0.05, 0) is 30.2 Å². The third-order valence-corrected chi connectivity index (χ3v) is 2.65. The van der Waals surface area contributed by atoms with Crippen molar-refractivity contribution < 1.29 is 4.74 Å². The van der Waals surface area contributed by atoms with Gasteiger partial charge in [-0.25, -0.2) is 0 Å². The molecule has 0 saturated carbocycles. The minimum Gasteiger partial charge on any atom is -0.489 e. The number of ether oxygens (including phenoxy) is 1. The van der Waals surface area contributed by atoms with Gasteiger partial charge in [0.1, 0.15) is 12.4 Å². The number of rotatable bonds is 4. The maximum absolute atomic E-state index is 5.80. The molecular weight excluding hydrogens is 246 g/mol. The summed E-state index contributed by atoms with van der Waals surface area (Å²) >= 11 is 0. The molecule has 2 aromatic rings. The molecular formula is C15H18ClNO. The zero-order chi connectivity index (χ0) is 12.1. The summed E-state index contributed by atoms with van der Waals surface area (Å²) in [4.78, 5) is 0. The van der Waals surface area contributed by atoms with Crippen molar-refractivity contribution in [1.29, 1.82) is 0 Å². The summed E-state index contributed by atoms with van der Waals surface area (Å²) in [6, 6.07) is 18.1. The largest absolute Gasteiger partial charge is 0.489 e. The van der Waals surface area contributed by atoms with E-state index in [1.165, 1.54) is 0 Å². The number of para-hydroxylation sites is 1. The van der Waals surface area contributed by atoms with E-state index in [0.717, 1.165) is 16.9 Å². The molecule has 2 nitrogen and oxygen atoms in total. The molecule has 0 aliphatic rings. The molecule has 0 aromatic heterocycles. The van der Waals surface area contributed by atoms with Crippen molar-refractivity contribution >= 4 is 12.4 Å². The van der Waals surface area contributed by atoms with Gasteiger partial charge in [0.15, 0.2) is 0 Å². The SMILES string of the molecule is C[C@H](N)c1ccc(COc2ccccc2)cc1.Cl. The van der Waals surface area contributed by atoms with Crippen LogP contribution in [-0.2, 0) is 6.61 Å². The third kappa shape index (κ3) is 4.06. The van der Waals surface area contributed by atoms with E-state index in [1.807, 2.05) is 49.4 Å². The van der Waals surface area contributed by atoms with Crippen molar-refractivity contribution in [2.24, 2.45) is 5.73 Å². The molecule has 0 unspecified atom stereocenters. The topological polar surface area (TPSA) is 35.2 Å². The summed E-state index contributed by atoms with van der Waals surface area (Å²) < 4.78 is 5.66. The van der Waals surface area contributed by atoms with Crippen molar-refractivity contribution in [2.75, 3.05) is 0 Å². The van der Waals surface area contributed by atoms with Gasteiger partial charge in [-0.2, -0.15) is 0 Å². The van der Waals surface area contributed by atoms with E-state index in [4.69, 9.17) is 10.5 Å². The van der Waals surface area contributed by atoms with Crippen LogP contribution in [0.3, 0.4) is 0 Å². The lowest BCUT2D eigenvalue weighted by atomic mass is 10.1. The van der Waals surface area contributed by atoms with Crippen LogP contribution in [0.1, 0.15) is 24.1 Å². The van der Waals surface area contributed by atoms with E-state index in [-0.39, 0.29) is 18.4 Å². The van der Waals surface area contributed by atoms with Gasteiger partial charge in [0.25, 0.3) is 0 Å². The van der Waals surface area contributed by atoms with Crippen LogP contribution in [-0.4, -0.2) is 0 Å². The second kappa shape index (κ2) is 7.04. The maximum Gasteiger partial charge on any atom is 0.119 e. The second-order valence-electron chi connectivity index (χ2n) is 4.13. The fourth-order valence-corrected chi connectivity index (χ4v) is 1.60. The Labute approximate surface area is 114 Å². The maximum atomic E-state index is 5.80. The van der Waals surface area contributed by atoms with Gasteiger partial charge >= 0.3 is 0 Å². The summed E-state index contributed by atoms with van der Waals surface area (Å²) in [5.41, 5.74) is 8.10. The smallest absolute Gasteiger partial charge is 0.119 e. The fourth-order valence-electron chi connectivity index (χ4n) is 1.60.